The zero-order chi connectivity index (χ0) is 13.2. The molecule has 0 saturated carbocycles. The van der Waals surface area contributed by atoms with E-state index < -0.39 is 0 Å². The number of benzene rings is 1. The van der Waals surface area contributed by atoms with Crippen molar-refractivity contribution >= 4 is 51.2 Å². The van der Waals surface area contributed by atoms with Crippen LogP contribution in [0.1, 0.15) is 11.3 Å². The minimum Gasteiger partial charge on any atom is -0.348 e. The van der Waals surface area contributed by atoms with Crippen molar-refractivity contribution in [1.82, 2.24) is 4.98 Å². The number of benzodiazepines with no additional fused rings is 1. The Bertz CT molecular complexity index is 668. The Hall–Kier alpha value is -1.34. The smallest absolute Gasteiger partial charge is 0.102 e. The van der Waals surface area contributed by atoms with Gasteiger partial charge < -0.3 is 5.32 Å². The van der Waals surface area contributed by atoms with E-state index in [2.05, 4.69) is 50.0 Å². The topological polar surface area (TPSA) is 37.3 Å². The molecule has 0 saturated heterocycles. The Kier molecular flexibility index (Phi) is 3.56. The molecule has 0 fully saturated rings. The molecule has 1 aliphatic rings. The lowest BCUT2D eigenvalue weighted by molar-refractivity contribution is 1.25. The zero-order valence-electron chi connectivity index (χ0n) is 9.93. The van der Waals surface area contributed by atoms with Gasteiger partial charge in [0.05, 0.1) is 18.0 Å². The van der Waals surface area contributed by atoms with Gasteiger partial charge >= 0.3 is 0 Å². The van der Waals surface area contributed by atoms with Gasteiger partial charge in [-0.3, -0.25) is 9.98 Å². The fourth-order valence-electron chi connectivity index (χ4n) is 1.97. The molecule has 0 radical (unpaired) electrons. The molecule has 1 aliphatic heterocycles. The molecule has 0 aliphatic carbocycles. The van der Waals surface area contributed by atoms with Crippen LogP contribution < -0.4 is 5.32 Å². The number of nitrogens with one attached hydrogen (secondary N) is 1. The highest BCUT2D eigenvalue weighted by Crippen LogP contribution is 2.24. The van der Waals surface area contributed by atoms with Gasteiger partial charge in [-0.1, -0.05) is 18.3 Å². The van der Waals surface area contributed by atoms with Gasteiger partial charge in [-0.2, -0.15) is 0 Å². The second-order valence-corrected chi connectivity index (χ2v) is 5.86. The number of anilines is 1. The van der Waals surface area contributed by atoms with Gasteiger partial charge in [0, 0.05) is 21.0 Å². The summed E-state index contributed by atoms with van der Waals surface area (Å²) in [5, 5.41) is 3.24. The van der Waals surface area contributed by atoms with Gasteiger partial charge in [0.15, 0.2) is 0 Å². The highest BCUT2D eigenvalue weighted by Gasteiger charge is 2.17. The van der Waals surface area contributed by atoms with Gasteiger partial charge in [-0.15, -0.1) is 0 Å². The van der Waals surface area contributed by atoms with Crippen LogP contribution in [-0.4, -0.2) is 22.2 Å². The molecule has 0 atom stereocenters. The van der Waals surface area contributed by atoms with Gasteiger partial charge in [0.2, 0.25) is 0 Å². The van der Waals surface area contributed by atoms with Gasteiger partial charge in [-0.25, -0.2) is 0 Å². The van der Waals surface area contributed by atoms with E-state index in [1.807, 2.05) is 24.3 Å². The monoisotopic (exact) mass is 379 g/mol. The number of pyridine rings is 1. The van der Waals surface area contributed by atoms with Crippen molar-refractivity contribution < 1.29 is 0 Å². The first-order chi connectivity index (χ1) is 9.24. The molecular formula is C14H10IN3S. The summed E-state index contributed by atoms with van der Waals surface area (Å²) in [5.41, 5.74) is 3.80. The van der Waals surface area contributed by atoms with E-state index in [1.165, 1.54) is 0 Å². The summed E-state index contributed by atoms with van der Waals surface area (Å²) in [4.78, 5) is 9.73. The Labute approximate surface area is 130 Å². The molecule has 19 heavy (non-hydrogen) atoms. The summed E-state index contributed by atoms with van der Waals surface area (Å²) in [6.07, 6.45) is 1.78. The molecule has 3 nitrogen and oxygen atoms in total. The fourth-order valence-corrected chi connectivity index (χ4v) is 2.63. The first-order valence-electron chi connectivity index (χ1n) is 5.80. The van der Waals surface area contributed by atoms with Crippen LogP contribution in [0.2, 0.25) is 0 Å². The number of hydrogen-bond acceptors (Lipinski definition) is 3. The number of aromatic nitrogens is 1. The summed E-state index contributed by atoms with van der Waals surface area (Å²) in [7, 11) is 0. The van der Waals surface area contributed by atoms with Crippen LogP contribution in [0, 0.1) is 3.57 Å². The van der Waals surface area contributed by atoms with Crippen LogP contribution in [0.3, 0.4) is 0 Å². The predicted octanol–water partition coefficient (Wildman–Crippen LogP) is 3.28. The highest BCUT2D eigenvalue weighted by atomic mass is 127. The van der Waals surface area contributed by atoms with Crippen molar-refractivity contribution in [3.05, 3.63) is 57.4 Å². The maximum Gasteiger partial charge on any atom is 0.102 e. The quantitative estimate of drug-likeness (QED) is 0.611. The van der Waals surface area contributed by atoms with E-state index in [9.17, 15) is 0 Å². The molecule has 1 aromatic carbocycles. The molecule has 5 heteroatoms. The van der Waals surface area contributed by atoms with E-state index in [4.69, 9.17) is 12.2 Å². The number of aliphatic imine (C=N–C) groups is 1. The van der Waals surface area contributed by atoms with Crippen molar-refractivity contribution in [1.29, 1.82) is 0 Å². The summed E-state index contributed by atoms with van der Waals surface area (Å²) in [6, 6.07) is 12.0. The van der Waals surface area contributed by atoms with Crippen LogP contribution >= 0.6 is 34.8 Å². The van der Waals surface area contributed by atoms with Crippen LogP contribution in [0.25, 0.3) is 0 Å². The third kappa shape index (κ3) is 2.66. The molecule has 2 aromatic rings. The highest BCUT2D eigenvalue weighted by molar-refractivity contribution is 14.1. The van der Waals surface area contributed by atoms with Gasteiger partial charge in [0.1, 0.15) is 4.99 Å². The number of fused-ring (bicyclic) bond motifs is 1. The van der Waals surface area contributed by atoms with Crippen LogP contribution in [0.15, 0.2) is 47.6 Å². The molecule has 0 bridgehead atoms. The maximum absolute atomic E-state index is 5.26. The lowest BCUT2D eigenvalue weighted by Crippen LogP contribution is -2.11. The fraction of sp³-hybridized carbons (Fsp3) is 0.0714. The van der Waals surface area contributed by atoms with E-state index in [-0.39, 0.29) is 0 Å². The normalized spacial score (nSPS) is 14.2. The Morgan fingerprint density at radius 2 is 2.11 bits per heavy atom. The number of thiocarbonyl (C=S) groups is 1. The van der Waals surface area contributed by atoms with Crippen molar-refractivity contribution in [3.63, 3.8) is 0 Å². The Balaban J connectivity index is 2.20. The summed E-state index contributed by atoms with van der Waals surface area (Å²) >= 11 is 7.56. The van der Waals surface area contributed by atoms with Crippen LogP contribution in [0.5, 0.6) is 0 Å². The molecule has 0 amide bonds. The third-order valence-corrected chi connectivity index (χ3v) is 3.70. The lowest BCUT2D eigenvalue weighted by atomic mass is 10.0. The van der Waals surface area contributed by atoms with Crippen LogP contribution in [-0.2, 0) is 0 Å². The molecule has 0 unspecified atom stereocenters. The Morgan fingerprint density at radius 3 is 2.89 bits per heavy atom. The van der Waals surface area contributed by atoms with E-state index >= 15 is 0 Å². The van der Waals surface area contributed by atoms with E-state index in [0.717, 1.165) is 31.2 Å². The number of halogens is 1. The van der Waals surface area contributed by atoms with E-state index in [1.54, 1.807) is 6.20 Å². The predicted molar refractivity (Wildman–Crippen MR) is 90.1 cm³/mol. The minimum absolute atomic E-state index is 0.493. The lowest BCUT2D eigenvalue weighted by Gasteiger charge is -2.10. The second-order valence-electron chi connectivity index (χ2n) is 4.12. The molecule has 0 spiro atoms. The van der Waals surface area contributed by atoms with Gasteiger partial charge in [0.25, 0.3) is 0 Å². The van der Waals surface area contributed by atoms with Crippen LogP contribution in [0.4, 0.5) is 5.69 Å². The second kappa shape index (κ2) is 5.34. The summed E-state index contributed by atoms with van der Waals surface area (Å²) < 4.78 is 1.16. The van der Waals surface area contributed by atoms with Crippen molar-refractivity contribution in [2.75, 3.05) is 11.9 Å². The van der Waals surface area contributed by atoms with E-state index in [0.29, 0.717) is 6.54 Å². The standard InChI is InChI=1S/C14H10IN3S/c15-9-4-5-11-10(7-9)14(17-8-13(19)18-11)12-3-1-2-6-16-12/h1-7H,8H2,(H,18,19). The SMILES string of the molecule is S=C1CN=C(c2ccccn2)c2cc(I)ccc2N1. The molecule has 2 heterocycles. The van der Waals surface area contributed by atoms with Crippen molar-refractivity contribution in [2.45, 2.75) is 0 Å². The average Bonchev–Trinajstić information content (AvgIpc) is 2.58. The average molecular weight is 379 g/mol. The number of hydrogen-bond donors (Lipinski definition) is 1. The maximum atomic E-state index is 5.26. The largest absolute Gasteiger partial charge is 0.348 e. The van der Waals surface area contributed by atoms with Gasteiger partial charge in [-0.05, 0) is 52.9 Å². The molecule has 3 rings (SSSR count). The molecular weight excluding hydrogens is 369 g/mol. The number of rotatable bonds is 1. The van der Waals surface area contributed by atoms with Crippen molar-refractivity contribution in [3.8, 4) is 0 Å². The molecule has 1 N–H and O–H groups in total. The first kappa shape index (κ1) is 12.7. The molecule has 1 aromatic heterocycles. The zero-order valence-corrected chi connectivity index (χ0v) is 12.9. The third-order valence-electron chi connectivity index (χ3n) is 2.80. The summed E-state index contributed by atoms with van der Waals surface area (Å²) in [6.45, 7) is 0.493. The molecule has 94 valence electrons. The van der Waals surface area contributed by atoms with Crippen molar-refractivity contribution in [2.24, 2.45) is 4.99 Å². The minimum atomic E-state index is 0.493. The number of nitrogens with zero attached hydrogens (tertiary/aromatic N) is 2. The first-order valence-corrected chi connectivity index (χ1v) is 7.28. The Morgan fingerprint density at radius 1 is 1.21 bits per heavy atom. The summed E-state index contributed by atoms with van der Waals surface area (Å²) in [5.74, 6) is 0.